The maximum atomic E-state index is 12.6. The molecule has 1 saturated heterocycles. The number of fused-ring (bicyclic) bond motifs is 1. The Balaban J connectivity index is 1.59. The Morgan fingerprint density at radius 1 is 0.906 bits per heavy atom. The van der Waals surface area contributed by atoms with E-state index < -0.39 is 11.8 Å². The van der Waals surface area contributed by atoms with E-state index in [2.05, 4.69) is 18.2 Å². The highest BCUT2D eigenvalue weighted by Crippen LogP contribution is 2.31. The van der Waals surface area contributed by atoms with Gasteiger partial charge in [-0.25, -0.2) is 0 Å². The molecule has 4 rings (SSSR count). The monoisotopic (exact) mass is 446 g/mol. The average molecular weight is 447 g/mol. The molecule has 6 nitrogen and oxygen atoms in total. The second-order valence-electron chi connectivity index (χ2n) is 7.41. The SMILES string of the molecule is COc1cc(C=C2C(=O)N(C)C(=S)N(C)C2=O)ccc1OCc1cccc2ccccc12. The molecule has 0 N–H and O–H groups in total. The molecule has 7 heteroatoms. The predicted octanol–water partition coefficient (Wildman–Crippen LogP) is 4.03. The van der Waals surface area contributed by atoms with Gasteiger partial charge in [-0.1, -0.05) is 48.5 Å². The van der Waals surface area contributed by atoms with Crippen LogP contribution in [0.25, 0.3) is 16.8 Å². The molecule has 0 aliphatic carbocycles. The minimum atomic E-state index is -0.437. The van der Waals surface area contributed by atoms with Gasteiger partial charge in [0.2, 0.25) is 0 Å². The summed E-state index contributed by atoms with van der Waals surface area (Å²) in [4.78, 5) is 27.7. The second-order valence-corrected chi connectivity index (χ2v) is 7.77. The van der Waals surface area contributed by atoms with Crippen LogP contribution in [0.4, 0.5) is 0 Å². The summed E-state index contributed by atoms with van der Waals surface area (Å²) in [6.07, 6.45) is 1.54. The number of benzene rings is 3. The Hall–Kier alpha value is -3.71. The predicted molar refractivity (Wildman–Crippen MR) is 127 cm³/mol. The van der Waals surface area contributed by atoms with Crippen molar-refractivity contribution >= 4 is 46.0 Å². The molecule has 1 heterocycles. The number of ether oxygens (including phenoxy) is 2. The van der Waals surface area contributed by atoms with Crippen molar-refractivity contribution in [3.05, 3.63) is 77.4 Å². The lowest BCUT2D eigenvalue weighted by Crippen LogP contribution is -2.52. The fourth-order valence-corrected chi connectivity index (χ4v) is 3.77. The number of methoxy groups -OCH3 is 1. The highest BCUT2D eigenvalue weighted by atomic mass is 32.1. The Bertz CT molecular complexity index is 1240. The smallest absolute Gasteiger partial charge is 0.265 e. The van der Waals surface area contributed by atoms with Gasteiger partial charge in [0.15, 0.2) is 16.6 Å². The molecule has 1 aliphatic rings. The second kappa shape index (κ2) is 8.80. The largest absolute Gasteiger partial charge is 0.493 e. The van der Waals surface area contributed by atoms with E-state index in [-0.39, 0.29) is 10.7 Å². The van der Waals surface area contributed by atoms with Gasteiger partial charge in [0.05, 0.1) is 7.11 Å². The Kier molecular flexibility index (Phi) is 5.92. The fourth-order valence-electron chi connectivity index (χ4n) is 3.61. The molecular weight excluding hydrogens is 424 g/mol. The summed E-state index contributed by atoms with van der Waals surface area (Å²) < 4.78 is 11.5. The number of nitrogens with zero attached hydrogens (tertiary/aromatic N) is 2. The van der Waals surface area contributed by atoms with Crippen molar-refractivity contribution in [1.82, 2.24) is 9.80 Å². The molecule has 162 valence electrons. The van der Waals surface area contributed by atoms with Crippen LogP contribution in [0.1, 0.15) is 11.1 Å². The number of carbonyl (C=O) groups excluding carboxylic acids is 2. The molecule has 2 amide bonds. The van der Waals surface area contributed by atoms with Crippen molar-refractivity contribution in [1.29, 1.82) is 0 Å². The summed E-state index contributed by atoms with van der Waals surface area (Å²) in [6, 6.07) is 19.5. The van der Waals surface area contributed by atoms with Crippen LogP contribution in [0.15, 0.2) is 66.2 Å². The first kappa shape index (κ1) is 21.5. The van der Waals surface area contributed by atoms with Gasteiger partial charge in [-0.05, 0) is 52.3 Å². The fraction of sp³-hybridized carbons (Fsp3) is 0.160. The first-order valence-corrected chi connectivity index (χ1v) is 10.4. The maximum absolute atomic E-state index is 12.6. The average Bonchev–Trinajstić information content (AvgIpc) is 2.83. The van der Waals surface area contributed by atoms with Crippen molar-refractivity contribution in [3.8, 4) is 11.5 Å². The molecule has 0 saturated carbocycles. The third-order valence-corrected chi connectivity index (χ3v) is 5.95. The van der Waals surface area contributed by atoms with E-state index in [0.29, 0.717) is 23.7 Å². The zero-order valence-electron chi connectivity index (χ0n) is 18.0. The van der Waals surface area contributed by atoms with E-state index in [9.17, 15) is 9.59 Å². The van der Waals surface area contributed by atoms with Crippen LogP contribution in [-0.2, 0) is 16.2 Å². The van der Waals surface area contributed by atoms with E-state index >= 15 is 0 Å². The van der Waals surface area contributed by atoms with Crippen molar-refractivity contribution in [2.75, 3.05) is 21.2 Å². The standard InChI is InChI=1S/C25H22N2O4S/c1-26-23(28)20(24(29)27(2)25(26)32)13-16-11-12-21(22(14-16)30-3)31-15-18-9-6-8-17-7-4-5-10-19(17)18/h4-14H,15H2,1-3H3. The molecule has 0 unspecified atom stereocenters. The summed E-state index contributed by atoms with van der Waals surface area (Å²) in [6.45, 7) is 0.377. The van der Waals surface area contributed by atoms with Crippen LogP contribution in [0.3, 0.4) is 0 Å². The highest BCUT2D eigenvalue weighted by molar-refractivity contribution is 7.80. The van der Waals surface area contributed by atoms with Crippen molar-refractivity contribution in [2.24, 2.45) is 0 Å². The van der Waals surface area contributed by atoms with Crippen LogP contribution >= 0.6 is 12.2 Å². The molecule has 0 atom stereocenters. The molecule has 0 bridgehead atoms. The van der Waals surface area contributed by atoms with Gasteiger partial charge in [0, 0.05) is 14.1 Å². The molecule has 1 aliphatic heterocycles. The third kappa shape index (κ3) is 3.94. The van der Waals surface area contributed by atoms with E-state index in [1.807, 2.05) is 24.3 Å². The van der Waals surface area contributed by atoms with E-state index in [1.54, 1.807) is 39.4 Å². The van der Waals surface area contributed by atoms with Gasteiger partial charge in [0.1, 0.15) is 12.2 Å². The number of carbonyl (C=O) groups is 2. The number of hydrogen-bond donors (Lipinski definition) is 0. The summed E-state index contributed by atoms with van der Waals surface area (Å²) in [5.41, 5.74) is 1.75. The summed E-state index contributed by atoms with van der Waals surface area (Å²) in [7, 11) is 4.65. The van der Waals surface area contributed by atoms with Crippen molar-refractivity contribution in [2.45, 2.75) is 6.61 Å². The summed E-state index contributed by atoms with van der Waals surface area (Å²) in [5.74, 6) is 0.202. The quantitative estimate of drug-likeness (QED) is 0.337. The van der Waals surface area contributed by atoms with Crippen LogP contribution in [0, 0.1) is 0 Å². The van der Waals surface area contributed by atoms with Crippen LogP contribution in [0.5, 0.6) is 11.5 Å². The number of amides is 2. The molecule has 32 heavy (non-hydrogen) atoms. The van der Waals surface area contributed by atoms with Gasteiger partial charge in [-0.2, -0.15) is 0 Å². The minimum absolute atomic E-state index is 0.0371. The summed E-state index contributed by atoms with van der Waals surface area (Å²) in [5, 5.41) is 2.46. The molecule has 3 aromatic carbocycles. The van der Waals surface area contributed by atoms with Crippen molar-refractivity contribution < 1.29 is 19.1 Å². The maximum Gasteiger partial charge on any atom is 0.265 e. The minimum Gasteiger partial charge on any atom is -0.493 e. The van der Waals surface area contributed by atoms with Crippen LogP contribution in [0.2, 0.25) is 0 Å². The highest BCUT2D eigenvalue weighted by Gasteiger charge is 2.35. The normalized spacial score (nSPS) is 14.2. The molecule has 0 aromatic heterocycles. The van der Waals surface area contributed by atoms with Gasteiger partial charge in [-0.3, -0.25) is 19.4 Å². The summed E-state index contributed by atoms with van der Waals surface area (Å²) >= 11 is 5.12. The lowest BCUT2D eigenvalue weighted by atomic mass is 10.1. The van der Waals surface area contributed by atoms with Crippen LogP contribution in [-0.4, -0.2) is 47.9 Å². The third-order valence-electron chi connectivity index (χ3n) is 5.41. The van der Waals surface area contributed by atoms with Crippen LogP contribution < -0.4 is 9.47 Å². The topological polar surface area (TPSA) is 59.1 Å². The van der Waals surface area contributed by atoms with Gasteiger partial charge >= 0.3 is 0 Å². The molecule has 3 aromatic rings. The Labute approximate surface area is 191 Å². The molecule has 0 spiro atoms. The van der Waals surface area contributed by atoms with Gasteiger partial charge < -0.3 is 9.47 Å². The van der Waals surface area contributed by atoms with Gasteiger partial charge in [-0.15, -0.1) is 0 Å². The lowest BCUT2D eigenvalue weighted by Gasteiger charge is -2.31. The van der Waals surface area contributed by atoms with E-state index in [0.717, 1.165) is 16.3 Å². The zero-order valence-corrected chi connectivity index (χ0v) is 18.8. The number of thiocarbonyl (C=S) groups is 1. The molecule has 1 fully saturated rings. The Morgan fingerprint density at radius 3 is 2.31 bits per heavy atom. The first-order valence-electron chi connectivity index (χ1n) is 10.00. The van der Waals surface area contributed by atoms with Crippen molar-refractivity contribution in [3.63, 3.8) is 0 Å². The van der Waals surface area contributed by atoms with E-state index in [4.69, 9.17) is 21.7 Å². The number of rotatable bonds is 5. The first-order chi connectivity index (χ1) is 15.4. The number of hydrogen-bond acceptors (Lipinski definition) is 5. The lowest BCUT2D eigenvalue weighted by molar-refractivity contribution is -0.132. The molecule has 0 radical (unpaired) electrons. The molecular formula is C25H22N2O4S. The van der Waals surface area contributed by atoms with Gasteiger partial charge in [0.25, 0.3) is 11.8 Å². The van der Waals surface area contributed by atoms with E-state index in [1.165, 1.54) is 15.9 Å². The zero-order chi connectivity index (χ0) is 22.8. The Morgan fingerprint density at radius 2 is 1.59 bits per heavy atom. The number of likely N-dealkylation sites (N-methyl/N-ethyl adjacent to an activating group) is 2.